The van der Waals surface area contributed by atoms with Gasteiger partial charge in [-0.25, -0.2) is 9.37 Å². The van der Waals surface area contributed by atoms with E-state index in [1.165, 1.54) is 6.07 Å². The maximum Gasteiger partial charge on any atom is 0.168 e. The first kappa shape index (κ1) is 30.6. The van der Waals surface area contributed by atoms with Crippen LogP contribution in [0.3, 0.4) is 0 Å². The molecule has 2 aromatic heterocycles. The van der Waals surface area contributed by atoms with E-state index in [9.17, 15) is 0 Å². The lowest BCUT2D eigenvalue weighted by Gasteiger charge is -2.29. The Morgan fingerprint density at radius 2 is 1.91 bits per heavy atom. The first-order valence-electron chi connectivity index (χ1n) is 14.2. The number of aromatic nitrogens is 3. The molecule has 3 aromatic carbocycles. The highest BCUT2D eigenvalue weighted by molar-refractivity contribution is 9.10. The van der Waals surface area contributed by atoms with Crippen LogP contribution < -0.4 is 10.5 Å². The van der Waals surface area contributed by atoms with Crippen molar-refractivity contribution >= 4 is 26.8 Å². The highest BCUT2D eigenvalue weighted by Crippen LogP contribution is 2.39. The lowest BCUT2D eigenvalue weighted by molar-refractivity contribution is 0.0234. The highest BCUT2D eigenvalue weighted by Gasteiger charge is 2.32. The number of nitrogens with two attached hydrogens (primary N) is 1. The molecule has 1 atom stereocenters. The van der Waals surface area contributed by atoms with E-state index in [-0.39, 0.29) is 12.3 Å². The highest BCUT2D eigenvalue weighted by atomic mass is 79.9. The molecule has 222 valence electrons. The van der Waals surface area contributed by atoms with E-state index in [0.717, 1.165) is 45.3 Å². The minimum atomic E-state index is -0.612. The van der Waals surface area contributed by atoms with Gasteiger partial charge in [-0.1, -0.05) is 46.1 Å². The molecule has 0 spiro atoms. The number of rotatable bonds is 11. The van der Waals surface area contributed by atoms with E-state index in [2.05, 4.69) is 52.1 Å². The van der Waals surface area contributed by atoms with Gasteiger partial charge in [0, 0.05) is 70.6 Å². The quantitative estimate of drug-likeness (QED) is 0.112. The second kappa shape index (κ2) is 12.4. The molecule has 0 aliphatic carbocycles. The predicted octanol–water partition coefficient (Wildman–Crippen LogP) is 8.24. The topological polar surface area (TPSA) is 78.1 Å². The molecule has 8 heteroatoms. The van der Waals surface area contributed by atoms with Crippen LogP contribution in [0.1, 0.15) is 50.4 Å². The Balaban J connectivity index is 1.47. The molecule has 5 aromatic rings. The molecule has 0 fully saturated rings. The number of imidazole rings is 1. The summed E-state index contributed by atoms with van der Waals surface area (Å²) in [6.45, 7) is 6.68. The summed E-state index contributed by atoms with van der Waals surface area (Å²) >= 11 is 3.64. The number of hydrogen-bond acceptors (Lipinski definition) is 4. The number of hydrogen-bond donors (Lipinski definition) is 2. The molecule has 3 N–H and O–H groups in total. The van der Waals surface area contributed by atoms with Crippen LogP contribution in [0.5, 0.6) is 11.5 Å². The Bertz CT molecular complexity index is 1800. The van der Waals surface area contributed by atoms with E-state index in [1.54, 1.807) is 12.3 Å². The standard InChI is InChI=1S/C35H36BrFN4O2/c1-6-34(2,3)42-17-9-15-35(4,24-11-8-12-25(36)19-24)31-22-41(5)33(40-31)23-10-7-13-26(18-23)43-32-28(21-38)27-14-16-39-30(27)20-29(32)37/h1,7-8,10-14,16,18-20,22,39H,9,15,17,21,38H2,2-5H3. The summed E-state index contributed by atoms with van der Waals surface area (Å²) in [6.07, 6.45) is 11.0. The maximum absolute atomic E-state index is 15.1. The summed E-state index contributed by atoms with van der Waals surface area (Å²) in [5.41, 5.74) is 9.22. The Hall–Kier alpha value is -3.90. The van der Waals surface area contributed by atoms with Gasteiger partial charge in [0.15, 0.2) is 11.6 Å². The van der Waals surface area contributed by atoms with E-state index in [0.29, 0.717) is 23.4 Å². The molecule has 0 amide bonds. The second-order valence-corrected chi connectivity index (χ2v) is 12.4. The molecule has 0 bridgehead atoms. The molecule has 0 radical (unpaired) electrons. The number of aromatic amines is 1. The molecule has 0 aliphatic rings. The molecule has 1 unspecified atom stereocenters. The first-order valence-corrected chi connectivity index (χ1v) is 15.0. The predicted molar refractivity (Wildman–Crippen MR) is 174 cm³/mol. The smallest absolute Gasteiger partial charge is 0.168 e. The number of H-pyrrole nitrogens is 1. The van der Waals surface area contributed by atoms with Crippen molar-refractivity contribution in [2.75, 3.05) is 6.61 Å². The minimum absolute atomic E-state index is 0.129. The molecular formula is C35H36BrFN4O2. The summed E-state index contributed by atoms with van der Waals surface area (Å²) < 4.78 is 30.2. The molecule has 5 rings (SSSR count). The van der Waals surface area contributed by atoms with Gasteiger partial charge in [0.25, 0.3) is 0 Å². The number of halogens is 2. The number of fused-ring (bicyclic) bond motifs is 1. The fourth-order valence-electron chi connectivity index (χ4n) is 5.40. The van der Waals surface area contributed by atoms with Gasteiger partial charge < -0.3 is 24.8 Å². The lowest BCUT2D eigenvalue weighted by Crippen LogP contribution is -2.27. The fourth-order valence-corrected chi connectivity index (χ4v) is 5.80. The number of terminal acetylenes is 1. The van der Waals surface area contributed by atoms with Crippen LogP contribution in [0.2, 0.25) is 0 Å². The normalized spacial score (nSPS) is 13.2. The Labute approximate surface area is 260 Å². The third kappa shape index (κ3) is 6.40. The third-order valence-electron chi connectivity index (χ3n) is 7.92. The van der Waals surface area contributed by atoms with Crippen molar-refractivity contribution in [2.45, 2.75) is 51.2 Å². The molecule has 2 heterocycles. The monoisotopic (exact) mass is 642 g/mol. The van der Waals surface area contributed by atoms with Crippen molar-refractivity contribution in [2.24, 2.45) is 12.8 Å². The van der Waals surface area contributed by atoms with Crippen LogP contribution in [0.25, 0.3) is 22.3 Å². The summed E-state index contributed by atoms with van der Waals surface area (Å²) in [6, 6.07) is 19.2. The number of ether oxygens (including phenoxy) is 2. The van der Waals surface area contributed by atoms with Gasteiger partial charge in [0.05, 0.1) is 5.69 Å². The van der Waals surface area contributed by atoms with E-state index >= 15 is 4.39 Å². The van der Waals surface area contributed by atoms with Crippen LogP contribution in [0, 0.1) is 18.2 Å². The summed E-state index contributed by atoms with van der Waals surface area (Å²) in [4.78, 5) is 8.19. The van der Waals surface area contributed by atoms with Crippen molar-refractivity contribution in [1.82, 2.24) is 14.5 Å². The van der Waals surface area contributed by atoms with Gasteiger partial charge in [-0.15, -0.1) is 6.42 Å². The van der Waals surface area contributed by atoms with E-state index in [4.69, 9.17) is 26.6 Å². The first-order chi connectivity index (χ1) is 20.5. The zero-order valence-corrected chi connectivity index (χ0v) is 26.5. The largest absolute Gasteiger partial charge is 0.454 e. The minimum Gasteiger partial charge on any atom is -0.454 e. The molecular weight excluding hydrogens is 607 g/mol. The van der Waals surface area contributed by atoms with E-state index in [1.807, 2.05) is 61.9 Å². The van der Waals surface area contributed by atoms with Crippen molar-refractivity contribution in [3.63, 3.8) is 0 Å². The lowest BCUT2D eigenvalue weighted by atomic mass is 9.76. The van der Waals surface area contributed by atoms with Crippen LogP contribution in [-0.4, -0.2) is 26.7 Å². The zero-order valence-electron chi connectivity index (χ0n) is 24.9. The van der Waals surface area contributed by atoms with Gasteiger partial charge in [0.2, 0.25) is 0 Å². The third-order valence-corrected chi connectivity index (χ3v) is 8.41. The van der Waals surface area contributed by atoms with Gasteiger partial charge in [-0.2, -0.15) is 0 Å². The summed E-state index contributed by atoms with van der Waals surface area (Å²) in [7, 11) is 1.98. The fraction of sp³-hybridized carbons (Fsp3) is 0.286. The number of nitrogens with one attached hydrogen (secondary N) is 1. The Morgan fingerprint density at radius 3 is 2.65 bits per heavy atom. The SMILES string of the molecule is C#CC(C)(C)OCCCC(C)(c1cccc(Br)c1)c1cn(C)c(-c2cccc(Oc3c(F)cc4[nH]ccc4c3CN)c2)n1. The summed E-state index contributed by atoms with van der Waals surface area (Å²) in [5, 5.41) is 0.837. The number of benzene rings is 3. The van der Waals surface area contributed by atoms with E-state index < -0.39 is 16.8 Å². The van der Waals surface area contributed by atoms with Crippen molar-refractivity contribution in [1.29, 1.82) is 0 Å². The van der Waals surface area contributed by atoms with Crippen LogP contribution in [0.4, 0.5) is 4.39 Å². The molecule has 43 heavy (non-hydrogen) atoms. The second-order valence-electron chi connectivity index (χ2n) is 11.4. The van der Waals surface area contributed by atoms with Crippen LogP contribution in [0.15, 0.2) is 77.5 Å². The molecule has 0 aliphatic heterocycles. The summed E-state index contributed by atoms with van der Waals surface area (Å²) in [5.74, 6) is 3.61. The van der Waals surface area contributed by atoms with Crippen LogP contribution >= 0.6 is 15.9 Å². The Morgan fingerprint density at radius 1 is 1.12 bits per heavy atom. The average Bonchev–Trinajstić information content (AvgIpc) is 3.62. The Kier molecular flexibility index (Phi) is 8.79. The number of nitrogens with zero attached hydrogens (tertiary/aromatic N) is 2. The van der Waals surface area contributed by atoms with Crippen molar-refractivity contribution < 1.29 is 13.9 Å². The van der Waals surface area contributed by atoms with Gasteiger partial charge >= 0.3 is 0 Å². The molecule has 6 nitrogen and oxygen atoms in total. The maximum atomic E-state index is 15.1. The number of aryl methyl sites for hydroxylation is 1. The van der Waals surface area contributed by atoms with Crippen LogP contribution in [-0.2, 0) is 23.7 Å². The van der Waals surface area contributed by atoms with Gasteiger partial charge in [-0.3, -0.25) is 0 Å². The molecule has 0 saturated carbocycles. The average molecular weight is 644 g/mol. The molecule has 0 saturated heterocycles. The van der Waals surface area contributed by atoms with Gasteiger partial charge in [0.1, 0.15) is 17.2 Å². The van der Waals surface area contributed by atoms with Crippen molar-refractivity contribution in [3.05, 3.63) is 100 Å². The zero-order chi connectivity index (χ0) is 30.8. The van der Waals surface area contributed by atoms with Gasteiger partial charge in [-0.05, 0) is 69.5 Å². The van der Waals surface area contributed by atoms with Crippen molar-refractivity contribution in [3.8, 4) is 35.2 Å².